The molecule has 100 valence electrons. The number of nitrogens with one attached hydrogen (secondary N) is 1. The minimum absolute atomic E-state index is 0.594. The SMILES string of the molecule is CCCNc1ccc(CN2CCS(=O)CC2)cn1. The maximum absolute atomic E-state index is 11.3. The number of hydrogen-bond donors (Lipinski definition) is 1. The van der Waals surface area contributed by atoms with Gasteiger partial charge in [-0.1, -0.05) is 13.0 Å². The molecule has 0 unspecified atom stereocenters. The van der Waals surface area contributed by atoms with E-state index in [-0.39, 0.29) is 0 Å². The molecule has 0 bridgehead atoms. The molecule has 0 radical (unpaired) electrons. The number of hydrogen-bond acceptors (Lipinski definition) is 4. The maximum atomic E-state index is 11.3. The Balaban J connectivity index is 1.84. The first-order chi connectivity index (χ1) is 8.78. The first-order valence-electron chi connectivity index (χ1n) is 6.54. The van der Waals surface area contributed by atoms with E-state index in [1.165, 1.54) is 5.56 Å². The molecule has 1 aromatic rings. The predicted octanol–water partition coefficient (Wildman–Crippen LogP) is 1.47. The Bertz CT molecular complexity index is 384. The molecule has 4 nitrogen and oxygen atoms in total. The van der Waals surface area contributed by atoms with E-state index in [1.807, 2.05) is 12.3 Å². The van der Waals surface area contributed by atoms with Crippen LogP contribution < -0.4 is 5.32 Å². The summed E-state index contributed by atoms with van der Waals surface area (Å²) in [5.74, 6) is 2.56. The van der Waals surface area contributed by atoms with E-state index in [0.717, 1.165) is 49.9 Å². The minimum atomic E-state index is -0.594. The van der Waals surface area contributed by atoms with Gasteiger partial charge in [-0.05, 0) is 18.1 Å². The molecular formula is C13H21N3OS. The van der Waals surface area contributed by atoms with Gasteiger partial charge >= 0.3 is 0 Å². The van der Waals surface area contributed by atoms with Crippen molar-refractivity contribution in [2.75, 3.05) is 36.5 Å². The molecule has 1 saturated heterocycles. The topological polar surface area (TPSA) is 45.2 Å². The Morgan fingerprint density at radius 1 is 1.39 bits per heavy atom. The molecular weight excluding hydrogens is 246 g/mol. The lowest BCUT2D eigenvalue weighted by molar-refractivity contribution is 0.291. The lowest BCUT2D eigenvalue weighted by atomic mass is 10.2. The molecule has 0 aromatic carbocycles. The summed E-state index contributed by atoms with van der Waals surface area (Å²) >= 11 is 0. The highest BCUT2D eigenvalue weighted by Gasteiger charge is 2.14. The van der Waals surface area contributed by atoms with Crippen molar-refractivity contribution in [3.8, 4) is 0 Å². The number of nitrogens with zero attached hydrogens (tertiary/aromatic N) is 2. The molecule has 1 fully saturated rings. The largest absolute Gasteiger partial charge is 0.370 e. The number of aromatic nitrogens is 1. The van der Waals surface area contributed by atoms with Gasteiger partial charge in [0.2, 0.25) is 0 Å². The van der Waals surface area contributed by atoms with Gasteiger partial charge in [0.1, 0.15) is 5.82 Å². The van der Waals surface area contributed by atoms with E-state index in [2.05, 4.69) is 28.2 Å². The highest BCUT2D eigenvalue weighted by molar-refractivity contribution is 7.85. The Morgan fingerprint density at radius 3 is 2.78 bits per heavy atom. The van der Waals surface area contributed by atoms with Gasteiger partial charge in [-0.2, -0.15) is 0 Å². The van der Waals surface area contributed by atoms with Crippen LogP contribution in [0.1, 0.15) is 18.9 Å². The van der Waals surface area contributed by atoms with Gasteiger partial charge in [0.25, 0.3) is 0 Å². The number of rotatable bonds is 5. The van der Waals surface area contributed by atoms with Crippen molar-refractivity contribution >= 4 is 16.6 Å². The average molecular weight is 267 g/mol. The van der Waals surface area contributed by atoms with Crippen LogP contribution in [-0.2, 0) is 17.3 Å². The van der Waals surface area contributed by atoms with Crippen LogP contribution in [0.4, 0.5) is 5.82 Å². The van der Waals surface area contributed by atoms with Crippen LogP contribution in [0.5, 0.6) is 0 Å². The van der Waals surface area contributed by atoms with Gasteiger partial charge < -0.3 is 5.32 Å². The monoisotopic (exact) mass is 267 g/mol. The van der Waals surface area contributed by atoms with Gasteiger partial charge in [0.05, 0.1) is 0 Å². The molecule has 0 atom stereocenters. The summed E-state index contributed by atoms with van der Waals surface area (Å²) in [5.41, 5.74) is 1.23. The van der Waals surface area contributed by atoms with Crippen LogP contribution in [-0.4, -0.2) is 45.2 Å². The van der Waals surface area contributed by atoms with E-state index in [4.69, 9.17) is 0 Å². The molecule has 0 amide bonds. The van der Waals surface area contributed by atoms with Crippen LogP contribution in [0.15, 0.2) is 18.3 Å². The minimum Gasteiger partial charge on any atom is -0.370 e. The van der Waals surface area contributed by atoms with Crippen molar-refractivity contribution in [3.05, 3.63) is 23.9 Å². The molecule has 1 aromatic heterocycles. The fourth-order valence-corrected chi connectivity index (χ4v) is 3.10. The second-order valence-corrected chi connectivity index (χ2v) is 6.30. The van der Waals surface area contributed by atoms with Crippen molar-refractivity contribution in [1.82, 2.24) is 9.88 Å². The third kappa shape index (κ3) is 4.07. The normalized spacial score (nSPS) is 17.8. The third-order valence-electron chi connectivity index (χ3n) is 3.06. The summed E-state index contributed by atoms with van der Waals surface area (Å²) in [4.78, 5) is 6.74. The van der Waals surface area contributed by atoms with Crippen molar-refractivity contribution in [2.24, 2.45) is 0 Å². The summed E-state index contributed by atoms with van der Waals surface area (Å²) in [7, 11) is -0.594. The fraction of sp³-hybridized carbons (Fsp3) is 0.615. The first kappa shape index (κ1) is 13.5. The highest BCUT2D eigenvalue weighted by atomic mass is 32.2. The Labute approximate surface area is 111 Å². The van der Waals surface area contributed by atoms with Crippen LogP contribution in [0.2, 0.25) is 0 Å². The maximum Gasteiger partial charge on any atom is 0.125 e. The van der Waals surface area contributed by atoms with Crippen LogP contribution >= 0.6 is 0 Å². The van der Waals surface area contributed by atoms with Crippen LogP contribution in [0.25, 0.3) is 0 Å². The second-order valence-electron chi connectivity index (χ2n) is 4.60. The zero-order valence-electron chi connectivity index (χ0n) is 10.9. The molecule has 2 rings (SSSR count). The van der Waals surface area contributed by atoms with E-state index in [1.54, 1.807) is 0 Å². The zero-order chi connectivity index (χ0) is 12.8. The second kappa shape index (κ2) is 6.85. The summed E-state index contributed by atoms with van der Waals surface area (Å²) in [6.45, 7) is 5.88. The van der Waals surface area contributed by atoms with E-state index in [9.17, 15) is 4.21 Å². The van der Waals surface area contributed by atoms with Crippen LogP contribution in [0.3, 0.4) is 0 Å². The first-order valence-corrected chi connectivity index (χ1v) is 8.03. The van der Waals surface area contributed by atoms with Crippen LogP contribution in [0, 0.1) is 0 Å². The number of anilines is 1. The third-order valence-corrected chi connectivity index (χ3v) is 4.33. The smallest absolute Gasteiger partial charge is 0.125 e. The Morgan fingerprint density at radius 2 is 2.17 bits per heavy atom. The summed E-state index contributed by atoms with van der Waals surface area (Å²) in [6.07, 6.45) is 3.04. The molecule has 1 aliphatic heterocycles. The average Bonchev–Trinajstić information content (AvgIpc) is 2.41. The molecule has 0 saturated carbocycles. The molecule has 1 aliphatic rings. The Kier molecular flexibility index (Phi) is 5.13. The van der Waals surface area contributed by atoms with E-state index >= 15 is 0 Å². The molecule has 1 N–H and O–H groups in total. The molecule has 18 heavy (non-hydrogen) atoms. The van der Waals surface area contributed by atoms with E-state index in [0.29, 0.717) is 0 Å². The fourth-order valence-electron chi connectivity index (χ4n) is 1.97. The van der Waals surface area contributed by atoms with Crippen molar-refractivity contribution < 1.29 is 4.21 Å². The number of pyridine rings is 1. The van der Waals surface area contributed by atoms with Gasteiger partial charge in [-0.25, -0.2) is 4.98 Å². The van der Waals surface area contributed by atoms with Crippen molar-refractivity contribution in [3.63, 3.8) is 0 Å². The van der Waals surface area contributed by atoms with Crippen molar-refractivity contribution in [2.45, 2.75) is 19.9 Å². The molecule has 0 aliphatic carbocycles. The highest BCUT2D eigenvalue weighted by Crippen LogP contribution is 2.10. The molecule has 5 heteroatoms. The van der Waals surface area contributed by atoms with Gasteiger partial charge in [-0.15, -0.1) is 0 Å². The van der Waals surface area contributed by atoms with Gasteiger partial charge in [-0.3, -0.25) is 9.11 Å². The summed E-state index contributed by atoms with van der Waals surface area (Å²) in [6, 6.07) is 4.16. The lowest BCUT2D eigenvalue weighted by Gasteiger charge is -2.25. The quantitative estimate of drug-likeness (QED) is 0.877. The standard InChI is InChI=1S/C13H21N3OS/c1-2-5-14-13-4-3-12(10-15-13)11-16-6-8-18(17)9-7-16/h3-4,10H,2,5-9,11H2,1H3,(H,14,15). The Hall–Kier alpha value is -0.940. The lowest BCUT2D eigenvalue weighted by Crippen LogP contribution is -2.37. The predicted molar refractivity (Wildman–Crippen MR) is 76.2 cm³/mol. The van der Waals surface area contributed by atoms with Gasteiger partial charge in [0, 0.05) is 54.7 Å². The van der Waals surface area contributed by atoms with E-state index < -0.39 is 10.8 Å². The van der Waals surface area contributed by atoms with Gasteiger partial charge in [0.15, 0.2) is 0 Å². The van der Waals surface area contributed by atoms with Crippen molar-refractivity contribution in [1.29, 1.82) is 0 Å². The summed E-state index contributed by atoms with van der Waals surface area (Å²) < 4.78 is 11.3. The molecule has 2 heterocycles. The molecule has 0 spiro atoms. The summed E-state index contributed by atoms with van der Waals surface area (Å²) in [5, 5.41) is 3.27. The zero-order valence-corrected chi connectivity index (χ0v) is 11.7.